The number of nitrogens with zero attached hydrogens (tertiary/aromatic N) is 2. The quantitative estimate of drug-likeness (QED) is 0.759. The summed E-state index contributed by atoms with van der Waals surface area (Å²) in [7, 11) is 1.68. The van der Waals surface area contributed by atoms with Crippen LogP contribution in [0, 0.1) is 5.82 Å². The summed E-state index contributed by atoms with van der Waals surface area (Å²) in [5, 5.41) is 8.39. The number of benzene rings is 2. The van der Waals surface area contributed by atoms with Gasteiger partial charge in [-0.05, 0) is 61.2 Å². The molecular formula is C21H22FN3O. The lowest BCUT2D eigenvalue weighted by molar-refractivity contribution is 0.414. The number of ether oxygens (including phenoxy) is 1. The monoisotopic (exact) mass is 351 g/mol. The number of anilines is 1. The van der Waals surface area contributed by atoms with Gasteiger partial charge >= 0.3 is 0 Å². The van der Waals surface area contributed by atoms with Crippen LogP contribution in [0.2, 0.25) is 0 Å². The second-order valence-corrected chi connectivity index (χ2v) is 6.57. The minimum Gasteiger partial charge on any atom is -0.497 e. The summed E-state index contributed by atoms with van der Waals surface area (Å²) in [6.45, 7) is 0.929. The Morgan fingerprint density at radius 3 is 2.81 bits per heavy atom. The molecule has 5 heteroatoms. The summed E-state index contributed by atoms with van der Waals surface area (Å²) in [5.41, 5.74) is 4.36. The summed E-state index contributed by atoms with van der Waals surface area (Å²) in [5.74, 6) is 1.65. The van der Waals surface area contributed by atoms with E-state index in [1.54, 1.807) is 19.2 Å². The number of fused-ring (bicyclic) bond motifs is 1. The highest BCUT2D eigenvalue weighted by molar-refractivity contribution is 5.55. The Bertz CT molecular complexity index is 902. The molecule has 0 atom stereocenters. The van der Waals surface area contributed by atoms with Crippen LogP contribution >= 0.6 is 0 Å². The molecule has 1 aromatic heterocycles. The number of nitrogens with one attached hydrogen (secondary N) is 1. The molecule has 0 amide bonds. The zero-order chi connectivity index (χ0) is 17.9. The van der Waals surface area contributed by atoms with E-state index in [0.29, 0.717) is 0 Å². The Labute approximate surface area is 152 Å². The minimum atomic E-state index is -0.239. The summed E-state index contributed by atoms with van der Waals surface area (Å²) in [6.07, 6.45) is 4.02. The van der Waals surface area contributed by atoms with Gasteiger partial charge < -0.3 is 10.1 Å². The molecule has 134 valence electrons. The van der Waals surface area contributed by atoms with E-state index in [9.17, 15) is 4.39 Å². The predicted octanol–water partition coefficient (Wildman–Crippen LogP) is 4.36. The summed E-state index contributed by atoms with van der Waals surface area (Å²) < 4.78 is 20.6. The van der Waals surface area contributed by atoms with Crippen molar-refractivity contribution in [3.8, 4) is 11.4 Å². The van der Waals surface area contributed by atoms with Crippen molar-refractivity contribution in [2.75, 3.05) is 19.0 Å². The predicted molar refractivity (Wildman–Crippen MR) is 101 cm³/mol. The standard InChI is InChI=1S/C21H22FN3O/c1-26-18-6-4-5-15(13-18)14-20-19-7-2-3-12-23-21(19)25(24-20)17-10-8-16(22)9-11-17/h4-6,8-11,13,23H,2-3,7,12,14H2,1H3. The molecule has 26 heavy (non-hydrogen) atoms. The Balaban J connectivity index is 1.75. The minimum absolute atomic E-state index is 0.239. The number of halogens is 1. The van der Waals surface area contributed by atoms with Crippen molar-refractivity contribution in [1.29, 1.82) is 0 Å². The van der Waals surface area contributed by atoms with Crippen LogP contribution in [0.1, 0.15) is 29.7 Å². The number of methoxy groups -OCH3 is 1. The smallest absolute Gasteiger partial charge is 0.133 e. The fourth-order valence-corrected chi connectivity index (χ4v) is 3.46. The van der Waals surface area contributed by atoms with Crippen molar-refractivity contribution in [3.63, 3.8) is 0 Å². The van der Waals surface area contributed by atoms with Gasteiger partial charge in [0.15, 0.2) is 0 Å². The van der Waals surface area contributed by atoms with E-state index in [1.165, 1.54) is 23.3 Å². The van der Waals surface area contributed by atoms with Gasteiger partial charge in [-0.3, -0.25) is 0 Å². The van der Waals surface area contributed by atoms with Gasteiger partial charge in [-0.25, -0.2) is 9.07 Å². The van der Waals surface area contributed by atoms with E-state index >= 15 is 0 Å². The average Bonchev–Trinajstić information content (AvgIpc) is 2.84. The van der Waals surface area contributed by atoms with Crippen molar-refractivity contribution in [2.45, 2.75) is 25.7 Å². The van der Waals surface area contributed by atoms with Crippen LogP contribution in [0.3, 0.4) is 0 Å². The maximum atomic E-state index is 13.3. The van der Waals surface area contributed by atoms with E-state index in [2.05, 4.69) is 11.4 Å². The van der Waals surface area contributed by atoms with Gasteiger partial charge in [0.2, 0.25) is 0 Å². The first kappa shape index (κ1) is 16.6. The summed E-state index contributed by atoms with van der Waals surface area (Å²) >= 11 is 0. The molecule has 0 radical (unpaired) electrons. The molecule has 1 aliphatic rings. The lowest BCUT2D eigenvalue weighted by Crippen LogP contribution is -2.07. The first-order valence-corrected chi connectivity index (χ1v) is 8.98. The van der Waals surface area contributed by atoms with Gasteiger partial charge in [0, 0.05) is 18.5 Å². The molecular weight excluding hydrogens is 329 g/mol. The average molecular weight is 351 g/mol. The largest absolute Gasteiger partial charge is 0.497 e. The second kappa shape index (κ2) is 7.20. The molecule has 0 unspecified atom stereocenters. The van der Waals surface area contributed by atoms with Crippen LogP contribution in [0.5, 0.6) is 5.75 Å². The van der Waals surface area contributed by atoms with Crippen molar-refractivity contribution in [2.24, 2.45) is 0 Å². The fraction of sp³-hybridized carbons (Fsp3) is 0.286. The maximum absolute atomic E-state index is 13.3. The second-order valence-electron chi connectivity index (χ2n) is 6.57. The van der Waals surface area contributed by atoms with Gasteiger partial charge in [-0.15, -0.1) is 0 Å². The molecule has 0 saturated heterocycles. The maximum Gasteiger partial charge on any atom is 0.133 e. The zero-order valence-electron chi connectivity index (χ0n) is 14.8. The van der Waals surface area contributed by atoms with Crippen molar-refractivity contribution >= 4 is 5.82 Å². The molecule has 0 aliphatic carbocycles. The van der Waals surface area contributed by atoms with Crippen molar-refractivity contribution in [3.05, 3.63) is 71.2 Å². The highest BCUT2D eigenvalue weighted by Crippen LogP contribution is 2.30. The molecule has 0 fully saturated rings. The highest BCUT2D eigenvalue weighted by Gasteiger charge is 2.20. The third kappa shape index (κ3) is 3.29. The highest BCUT2D eigenvalue weighted by atomic mass is 19.1. The molecule has 0 spiro atoms. The fourth-order valence-electron chi connectivity index (χ4n) is 3.46. The van der Waals surface area contributed by atoms with Crippen LogP contribution in [0.4, 0.5) is 10.2 Å². The van der Waals surface area contributed by atoms with Gasteiger partial charge in [0.1, 0.15) is 17.4 Å². The van der Waals surface area contributed by atoms with E-state index in [-0.39, 0.29) is 5.82 Å². The van der Waals surface area contributed by atoms with Crippen LogP contribution in [-0.2, 0) is 12.8 Å². The topological polar surface area (TPSA) is 39.1 Å². The van der Waals surface area contributed by atoms with Gasteiger partial charge in [0.25, 0.3) is 0 Å². The Morgan fingerprint density at radius 1 is 1.15 bits per heavy atom. The van der Waals surface area contributed by atoms with Crippen molar-refractivity contribution < 1.29 is 9.13 Å². The number of aromatic nitrogens is 2. The van der Waals surface area contributed by atoms with Crippen molar-refractivity contribution in [1.82, 2.24) is 9.78 Å². The third-order valence-corrected chi connectivity index (χ3v) is 4.79. The lowest BCUT2D eigenvalue weighted by atomic mass is 10.0. The van der Waals surface area contributed by atoms with Gasteiger partial charge in [-0.2, -0.15) is 5.10 Å². The van der Waals surface area contributed by atoms with Crippen LogP contribution in [0.25, 0.3) is 5.69 Å². The van der Waals surface area contributed by atoms with Gasteiger partial charge in [0.05, 0.1) is 18.5 Å². The Morgan fingerprint density at radius 2 is 2.00 bits per heavy atom. The molecule has 0 saturated carbocycles. The summed E-state index contributed by atoms with van der Waals surface area (Å²) in [6, 6.07) is 14.6. The zero-order valence-corrected chi connectivity index (χ0v) is 14.8. The molecule has 1 N–H and O–H groups in total. The SMILES string of the molecule is COc1cccc(Cc2nn(-c3ccc(F)cc3)c3c2CCCCN3)c1. The molecule has 4 rings (SSSR count). The third-order valence-electron chi connectivity index (χ3n) is 4.79. The molecule has 1 aliphatic heterocycles. The van der Waals surface area contributed by atoms with Gasteiger partial charge in [-0.1, -0.05) is 12.1 Å². The van der Waals surface area contributed by atoms with Crippen LogP contribution in [0.15, 0.2) is 48.5 Å². The number of hydrogen-bond acceptors (Lipinski definition) is 3. The first-order chi connectivity index (χ1) is 12.7. The molecule has 2 aromatic carbocycles. The van der Waals surface area contributed by atoms with E-state index in [4.69, 9.17) is 9.84 Å². The molecule has 3 aromatic rings. The number of hydrogen-bond donors (Lipinski definition) is 1. The Kier molecular flexibility index (Phi) is 4.61. The number of rotatable bonds is 4. The molecule has 4 nitrogen and oxygen atoms in total. The molecule has 0 bridgehead atoms. The van der Waals surface area contributed by atoms with E-state index in [0.717, 1.165) is 55.2 Å². The first-order valence-electron chi connectivity index (χ1n) is 8.98. The van der Waals surface area contributed by atoms with E-state index < -0.39 is 0 Å². The molecule has 2 heterocycles. The lowest BCUT2D eigenvalue weighted by Gasteiger charge is -2.09. The van der Waals surface area contributed by atoms with Crippen LogP contribution < -0.4 is 10.1 Å². The normalized spacial score (nSPS) is 13.6. The van der Waals surface area contributed by atoms with Crippen LogP contribution in [-0.4, -0.2) is 23.4 Å². The summed E-state index contributed by atoms with van der Waals surface area (Å²) in [4.78, 5) is 0. The Hall–Kier alpha value is -2.82. The van der Waals surface area contributed by atoms with E-state index in [1.807, 2.05) is 22.9 Å².